The second kappa shape index (κ2) is 9.82. The fraction of sp³-hybridized carbons (Fsp3) is 0.400. The zero-order chi connectivity index (χ0) is 25.5. The number of fused-ring (bicyclic) bond motifs is 4. The van der Waals surface area contributed by atoms with Crippen molar-refractivity contribution in [2.45, 2.75) is 26.0 Å². The minimum atomic E-state index is -0.440. The molecule has 5 heterocycles. The zero-order valence-corrected chi connectivity index (χ0v) is 21.0. The van der Waals surface area contributed by atoms with Crippen LogP contribution in [0.15, 0.2) is 28.9 Å². The number of rotatable bonds is 7. The molecule has 0 unspecified atom stereocenters. The van der Waals surface area contributed by atoms with Crippen molar-refractivity contribution in [2.24, 2.45) is 5.92 Å². The number of aromatic nitrogens is 4. The van der Waals surface area contributed by atoms with Crippen molar-refractivity contribution in [1.82, 2.24) is 30.2 Å². The second-order valence-corrected chi connectivity index (χ2v) is 9.85. The van der Waals surface area contributed by atoms with Crippen molar-refractivity contribution < 1.29 is 19.1 Å². The number of oxazole rings is 1. The van der Waals surface area contributed by atoms with Crippen molar-refractivity contribution >= 4 is 45.3 Å². The molecule has 37 heavy (non-hydrogen) atoms. The molecule has 1 saturated heterocycles. The SMILES string of the molecule is Cc1nc2c(ccc3ncc(Cl)c(CCN4C[C@H](CNCc5cnc6c(n5)NC(=O)CO6)[C@H](O)C4)c32)o1. The van der Waals surface area contributed by atoms with Gasteiger partial charge in [0.15, 0.2) is 23.9 Å². The summed E-state index contributed by atoms with van der Waals surface area (Å²) in [5.41, 5.74) is 4.00. The Morgan fingerprint density at radius 1 is 1.24 bits per heavy atom. The summed E-state index contributed by atoms with van der Waals surface area (Å²) in [5, 5.41) is 18.2. The molecule has 2 aliphatic rings. The largest absolute Gasteiger partial charge is 0.465 e. The lowest BCUT2D eigenvalue weighted by Crippen LogP contribution is -2.31. The van der Waals surface area contributed by atoms with Crippen LogP contribution >= 0.6 is 11.6 Å². The van der Waals surface area contributed by atoms with Gasteiger partial charge in [-0.3, -0.25) is 9.78 Å². The number of aliphatic hydroxyl groups excluding tert-OH is 1. The Morgan fingerprint density at radius 2 is 2.14 bits per heavy atom. The van der Waals surface area contributed by atoms with E-state index in [0.29, 0.717) is 54.4 Å². The average molecular weight is 524 g/mol. The van der Waals surface area contributed by atoms with Gasteiger partial charge in [-0.15, -0.1) is 0 Å². The lowest BCUT2D eigenvalue weighted by molar-refractivity contribution is -0.118. The number of carbonyl (C=O) groups excluding carboxylic acids is 1. The van der Waals surface area contributed by atoms with Crippen molar-refractivity contribution in [3.05, 3.63) is 46.7 Å². The summed E-state index contributed by atoms with van der Waals surface area (Å²) in [6, 6.07) is 3.81. The number of nitrogens with one attached hydrogen (secondary N) is 2. The Labute approximate surface area is 217 Å². The molecule has 1 amide bonds. The van der Waals surface area contributed by atoms with Crippen LogP contribution in [0.25, 0.3) is 22.0 Å². The Bertz CT molecular complexity index is 1490. The van der Waals surface area contributed by atoms with E-state index in [-0.39, 0.29) is 18.4 Å². The van der Waals surface area contributed by atoms with Gasteiger partial charge in [0.05, 0.1) is 28.5 Å². The molecule has 12 heteroatoms. The first-order valence-corrected chi connectivity index (χ1v) is 12.6. The number of β-amino-alcohol motifs (C(OH)–C–C–N with tert-alkyl or cyclic N) is 1. The number of hydrogen-bond donors (Lipinski definition) is 3. The fourth-order valence-electron chi connectivity index (χ4n) is 5.04. The Kier molecular flexibility index (Phi) is 6.37. The summed E-state index contributed by atoms with van der Waals surface area (Å²) in [7, 11) is 0. The van der Waals surface area contributed by atoms with E-state index in [1.807, 2.05) is 19.1 Å². The zero-order valence-electron chi connectivity index (χ0n) is 20.2. The van der Waals surface area contributed by atoms with E-state index < -0.39 is 6.10 Å². The van der Waals surface area contributed by atoms with E-state index in [2.05, 4.69) is 35.5 Å². The number of aliphatic hydroxyl groups is 1. The summed E-state index contributed by atoms with van der Waals surface area (Å²) in [5.74, 6) is 1.09. The molecule has 0 bridgehead atoms. The number of pyridine rings is 1. The van der Waals surface area contributed by atoms with Gasteiger partial charge in [0.2, 0.25) is 0 Å². The summed E-state index contributed by atoms with van der Waals surface area (Å²) < 4.78 is 11.0. The van der Waals surface area contributed by atoms with Crippen LogP contribution in [0.1, 0.15) is 17.1 Å². The highest BCUT2D eigenvalue weighted by Crippen LogP contribution is 2.32. The number of carbonyl (C=O) groups is 1. The van der Waals surface area contributed by atoms with Crippen LogP contribution in [-0.2, 0) is 17.8 Å². The number of likely N-dealkylation sites (tertiary alicyclic amines) is 1. The Morgan fingerprint density at radius 3 is 3.03 bits per heavy atom. The highest BCUT2D eigenvalue weighted by atomic mass is 35.5. The first kappa shape index (κ1) is 24.0. The molecule has 0 spiro atoms. The number of hydrogen-bond acceptors (Lipinski definition) is 10. The lowest BCUT2D eigenvalue weighted by Gasteiger charge is -2.18. The number of halogens is 1. The van der Waals surface area contributed by atoms with Crippen molar-refractivity contribution in [1.29, 1.82) is 0 Å². The van der Waals surface area contributed by atoms with E-state index >= 15 is 0 Å². The van der Waals surface area contributed by atoms with Crippen LogP contribution < -0.4 is 15.4 Å². The van der Waals surface area contributed by atoms with Crippen molar-refractivity contribution in [3.8, 4) is 5.88 Å². The average Bonchev–Trinajstić information content (AvgIpc) is 3.44. The molecule has 4 aromatic rings. The molecule has 2 atom stereocenters. The third kappa shape index (κ3) is 4.82. The van der Waals surface area contributed by atoms with Gasteiger partial charge < -0.3 is 29.8 Å². The predicted molar refractivity (Wildman–Crippen MR) is 137 cm³/mol. The third-order valence-electron chi connectivity index (χ3n) is 6.81. The molecule has 2 aliphatic heterocycles. The maximum atomic E-state index is 11.5. The number of anilines is 1. The number of benzene rings is 1. The van der Waals surface area contributed by atoms with Gasteiger partial charge >= 0.3 is 0 Å². The van der Waals surface area contributed by atoms with Gasteiger partial charge in [0, 0.05) is 57.1 Å². The van der Waals surface area contributed by atoms with Gasteiger partial charge in [-0.2, -0.15) is 0 Å². The van der Waals surface area contributed by atoms with Crippen LogP contribution in [0.5, 0.6) is 5.88 Å². The van der Waals surface area contributed by atoms with Crippen LogP contribution in [0.2, 0.25) is 5.02 Å². The van der Waals surface area contributed by atoms with E-state index in [9.17, 15) is 9.90 Å². The van der Waals surface area contributed by atoms with E-state index in [1.54, 1.807) is 12.4 Å². The first-order valence-electron chi connectivity index (χ1n) is 12.2. The maximum Gasteiger partial charge on any atom is 0.263 e. The highest BCUT2D eigenvalue weighted by Gasteiger charge is 2.31. The number of amides is 1. The quantitative estimate of drug-likeness (QED) is 0.330. The molecule has 192 valence electrons. The second-order valence-electron chi connectivity index (χ2n) is 9.44. The highest BCUT2D eigenvalue weighted by molar-refractivity contribution is 6.32. The van der Waals surface area contributed by atoms with E-state index in [4.69, 9.17) is 20.8 Å². The molecular formula is C25H26ClN7O4. The molecular weight excluding hydrogens is 498 g/mol. The fourth-order valence-corrected chi connectivity index (χ4v) is 5.27. The number of ether oxygens (including phenoxy) is 1. The molecule has 0 saturated carbocycles. The molecule has 1 aromatic carbocycles. The van der Waals surface area contributed by atoms with E-state index in [1.165, 1.54) is 0 Å². The molecule has 1 fully saturated rings. The molecule has 0 aliphatic carbocycles. The Hall–Kier alpha value is -3.38. The number of nitrogens with zero attached hydrogens (tertiary/aromatic N) is 5. The number of aryl methyl sites for hydroxylation is 1. The maximum absolute atomic E-state index is 11.5. The van der Waals surface area contributed by atoms with Gasteiger partial charge in [-0.05, 0) is 24.1 Å². The molecule has 6 rings (SSSR count). The minimum absolute atomic E-state index is 0.0524. The summed E-state index contributed by atoms with van der Waals surface area (Å²) in [6.07, 6.45) is 3.57. The topological polar surface area (TPSA) is 139 Å². The smallest absolute Gasteiger partial charge is 0.263 e. The van der Waals surface area contributed by atoms with Gasteiger partial charge in [0.25, 0.3) is 11.8 Å². The van der Waals surface area contributed by atoms with Crippen LogP contribution in [0, 0.1) is 12.8 Å². The lowest BCUT2D eigenvalue weighted by atomic mass is 10.0. The van der Waals surface area contributed by atoms with Gasteiger partial charge in [0.1, 0.15) is 5.52 Å². The Balaban J connectivity index is 1.08. The van der Waals surface area contributed by atoms with Gasteiger partial charge in [-0.25, -0.2) is 15.0 Å². The molecule has 3 aromatic heterocycles. The normalized spacial score (nSPS) is 19.8. The summed E-state index contributed by atoms with van der Waals surface area (Å²) in [4.78, 5) is 31.4. The van der Waals surface area contributed by atoms with Crippen LogP contribution in [-0.4, -0.2) is 74.7 Å². The summed E-state index contributed by atoms with van der Waals surface area (Å²) >= 11 is 6.59. The third-order valence-corrected chi connectivity index (χ3v) is 7.14. The summed E-state index contributed by atoms with van der Waals surface area (Å²) in [6.45, 7) is 4.95. The first-order chi connectivity index (χ1) is 17.9. The predicted octanol–water partition coefficient (Wildman–Crippen LogP) is 2.08. The van der Waals surface area contributed by atoms with Crippen LogP contribution in [0.3, 0.4) is 0 Å². The molecule has 11 nitrogen and oxygen atoms in total. The van der Waals surface area contributed by atoms with Crippen LogP contribution in [0.4, 0.5) is 5.82 Å². The van der Waals surface area contributed by atoms with E-state index in [0.717, 1.165) is 40.7 Å². The molecule has 0 radical (unpaired) electrons. The monoisotopic (exact) mass is 523 g/mol. The minimum Gasteiger partial charge on any atom is -0.465 e. The standard InChI is InChI=1S/C25H26ClN7O4/c1-13-30-23-20(37-13)3-2-18-22(23)16(17(26)9-28-18)4-5-33-10-14(19(34)11-33)6-27-7-15-8-29-25-24(31-15)32-21(35)12-36-25/h2-3,8-9,14,19,27,34H,4-7,10-12H2,1H3,(H,31,32,35)/t14-,19+/m0/s1. The van der Waals surface area contributed by atoms with Crippen molar-refractivity contribution in [3.63, 3.8) is 0 Å². The molecule has 3 N–H and O–H groups in total. The van der Waals surface area contributed by atoms with Crippen molar-refractivity contribution in [2.75, 3.05) is 38.1 Å². The van der Waals surface area contributed by atoms with Gasteiger partial charge in [-0.1, -0.05) is 11.6 Å².